The summed E-state index contributed by atoms with van der Waals surface area (Å²) in [5, 5.41) is 6.66. The molecule has 0 aliphatic carbocycles. The number of rotatable bonds is 3. The summed E-state index contributed by atoms with van der Waals surface area (Å²) < 4.78 is 21.3. The van der Waals surface area contributed by atoms with Gasteiger partial charge in [-0.25, -0.2) is 9.78 Å². The second-order valence-electron chi connectivity index (χ2n) is 6.75. The Hall–Kier alpha value is -3.27. The van der Waals surface area contributed by atoms with Gasteiger partial charge in [0.25, 0.3) is 5.91 Å². The standard InChI is InChI=1S/C20H17BrFN5O3/c1-26-16-8-14(21)4-5-17(16)30-11-15(19(26)28)25-20(29)27-10-12(9-24-27)7-13-3-2-6-23-18(13)22/h2-6,8-10,15H,7,11H2,1H3,(H,25,29)/t15-/m1/s1. The molecule has 1 N–H and O–H groups in total. The molecule has 0 bridgehead atoms. The van der Waals surface area contributed by atoms with E-state index in [2.05, 4.69) is 31.3 Å². The van der Waals surface area contributed by atoms with Crippen molar-refractivity contribution in [3.05, 3.63) is 70.5 Å². The maximum atomic E-state index is 13.7. The molecule has 1 aliphatic heterocycles. The minimum absolute atomic E-state index is 0.0153. The van der Waals surface area contributed by atoms with E-state index in [1.165, 1.54) is 23.5 Å². The topological polar surface area (TPSA) is 89.4 Å². The van der Waals surface area contributed by atoms with Crippen LogP contribution >= 0.6 is 15.9 Å². The van der Waals surface area contributed by atoms with Crippen molar-refractivity contribution in [1.82, 2.24) is 20.1 Å². The number of aromatic nitrogens is 3. The van der Waals surface area contributed by atoms with Crippen molar-refractivity contribution >= 4 is 33.6 Å². The first-order valence-corrected chi connectivity index (χ1v) is 9.85. The second-order valence-corrected chi connectivity index (χ2v) is 7.66. The van der Waals surface area contributed by atoms with Crippen LogP contribution < -0.4 is 15.0 Å². The highest BCUT2D eigenvalue weighted by Gasteiger charge is 2.31. The van der Waals surface area contributed by atoms with Crippen LogP contribution in [0.25, 0.3) is 0 Å². The normalized spacial score (nSPS) is 15.9. The third-order valence-corrected chi connectivity index (χ3v) is 5.18. The van der Waals surface area contributed by atoms with Gasteiger partial charge < -0.3 is 15.0 Å². The van der Waals surface area contributed by atoms with Gasteiger partial charge in [-0.2, -0.15) is 14.2 Å². The zero-order chi connectivity index (χ0) is 21.3. The third-order valence-electron chi connectivity index (χ3n) is 4.69. The molecule has 1 aliphatic rings. The zero-order valence-electron chi connectivity index (χ0n) is 15.9. The molecule has 0 unspecified atom stereocenters. The average molecular weight is 474 g/mol. The van der Waals surface area contributed by atoms with Gasteiger partial charge in [-0.3, -0.25) is 4.79 Å². The van der Waals surface area contributed by atoms with Crippen LogP contribution in [0, 0.1) is 5.95 Å². The smallest absolute Gasteiger partial charge is 0.342 e. The SMILES string of the molecule is CN1C(=O)[C@H](NC(=O)n2cc(Cc3cccnc3F)cn2)COc2ccc(Br)cc21. The van der Waals surface area contributed by atoms with Crippen LogP contribution in [0.15, 0.2) is 53.4 Å². The number of halogens is 2. The first kappa shape index (κ1) is 20.0. The molecule has 154 valence electrons. The monoisotopic (exact) mass is 473 g/mol. The van der Waals surface area contributed by atoms with Crippen molar-refractivity contribution in [3.8, 4) is 5.75 Å². The minimum atomic E-state index is -0.892. The number of nitrogens with zero attached hydrogens (tertiary/aromatic N) is 4. The molecule has 1 aromatic carbocycles. The molecule has 4 rings (SSSR count). The second kappa shape index (κ2) is 8.23. The Morgan fingerprint density at radius 1 is 1.40 bits per heavy atom. The van der Waals surface area contributed by atoms with Gasteiger partial charge in [-0.1, -0.05) is 22.0 Å². The molecule has 0 saturated heterocycles. The Balaban J connectivity index is 1.46. The predicted octanol–water partition coefficient (Wildman–Crippen LogP) is 2.75. The highest BCUT2D eigenvalue weighted by molar-refractivity contribution is 9.10. The predicted molar refractivity (Wildman–Crippen MR) is 110 cm³/mol. The number of anilines is 1. The zero-order valence-corrected chi connectivity index (χ0v) is 17.5. The molecule has 2 aromatic heterocycles. The van der Waals surface area contributed by atoms with Crippen LogP contribution in [-0.4, -0.2) is 46.4 Å². The molecular formula is C20H17BrFN5O3. The molecule has 1 atom stereocenters. The fourth-order valence-electron chi connectivity index (χ4n) is 3.12. The fraction of sp³-hybridized carbons (Fsp3) is 0.200. The van der Waals surface area contributed by atoms with E-state index in [0.29, 0.717) is 22.6 Å². The number of benzene rings is 1. The molecule has 8 nitrogen and oxygen atoms in total. The van der Waals surface area contributed by atoms with Gasteiger partial charge in [-0.15, -0.1) is 0 Å². The molecule has 0 saturated carbocycles. The van der Waals surface area contributed by atoms with E-state index in [4.69, 9.17) is 4.74 Å². The van der Waals surface area contributed by atoms with Crippen LogP contribution in [0.2, 0.25) is 0 Å². The van der Waals surface area contributed by atoms with Gasteiger partial charge >= 0.3 is 6.03 Å². The van der Waals surface area contributed by atoms with E-state index in [1.807, 2.05) is 6.07 Å². The lowest BCUT2D eigenvalue weighted by molar-refractivity contribution is -0.120. The molecule has 0 radical (unpaired) electrons. The molecule has 0 fully saturated rings. The van der Waals surface area contributed by atoms with Crippen molar-refractivity contribution in [2.75, 3.05) is 18.6 Å². The van der Waals surface area contributed by atoms with E-state index in [-0.39, 0.29) is 18.9 Å². The summed E-state index contributed by atoms with van der Waals surface area (Å²) >= 11 is 3.38. The molecule has 3 heterocycles. The van der Waals surface area contributed by atoms with Crippen molar-refractivity contribution in [3.63, 3.8) is 0 Å². The first-order chi connectivity index (χ1) is 14.4. The Kier molecular flexibility index (Phi) is 5.49. The summed E-state index contributed by atoms with van der Waals surface area (Å²) in [5.74, 6) is -0.333. The molecule has 0 spiro atoms. The number of hydrogen-bond donors (Lipinski definition) is 1. The fourth-order valence-corrected chi connectivity index (χ4v) is 3.47. The van der Waals surface area contributed by atoms with Gasteiger partial charge in [0.1, 0.15) is 18.4 Å². The maximum Gasteiger partial charge on any atom is 0.342 e. The van der Waals surface area contributed by atoms with Gasteiger partial charge in [0, 0.05) is 35.9 Å². The largest absolute Gasteiger partial charge is 0.489 e. The number of ether oxygens (including phenoxy) is 1. The summed E-state index contributed by atoms with van der Waals surface area (Å²) in [5.41, 5.74) is 1.64. The van der Waals surface area contributed by atoms with Gasteiger partial charge in [0.15, 0.2) is 0 Å². The van der Waals surface area contributed by atoms with Crippen molar-refractivity contribution in [1.29, 1.82) is 0 Å². The number of nitrogens with one attached hydrogen (secondary N) is 1. The first-order valence-electron chi connectivity index (χ1n) is 9.06. The number of fused-ring (bicyclic) bond motifs is 1. The molecule has 3 aromatic rings. The van der Waals surface area contributed by atoms with Crippen LogP contribution in [0.3, 0.4) is 0 Å². The van der Waals surface area contributed by atoms with Crippen molar-refractivity contribution in [2.45, 2.75) is 12.5 Å². The summed E-state index contributed by atoms with van der Waals surface area (Å²) in [6.07, 6.45) is 4.57. The third kappa shape index (κ3) is 4.04. The Morgan fingerprint density at radius 2 is 2.23 bits per heavy atom. The summed E-state index contributed by atoms with van der Waals surface area (Å²) in [7, 11) is 1.62. The molecule has 10 heteroatoms. The molecular weight excluding hydrogens is 457 g/mol. The summed E-state index contributed by atoms with van der Waals surface area (Å²) in [4.78, 5) is 30.5. The quantitative estimate of drug-likeness (QED) is 0.590. The van der Waals surface area contributed by atoms with Crippen LogP contribution in [-0.2, 0) is 11.2 Å². The van der Waals surface area contributed by atoms with Crippen LogP contribution in [0.1, 0.15) is 11.1 Å². The number of hydrogen-bond acceptors (Lipinski definition) is 5. The van der Waals surface area contributed by atoms with Crippen molar-refractivity contribution < 1.29 is 18.7 Å². The van der Waals surface area contributed by atoms with E-state index in [1.54, 1.807) is 31.3 Å². The van der Waals surface area contributed by atoms with Crippen LogP contribution in [0.4, 0.5) is 14.9 Å². The Labute approximate surface area is 179 Å². The molecule has 2 amide bonds. The highest BCUT2D eigenvalue weighted by atomic mass is 79.9. The van der Waals surface area contributed by atoms with E-state index in [0.717, 1.165) is 9.15 Å². The van der Waals surface area contributed by atoms with Gasteiger partial charge in [0.2, 0.25) is 5.95 Å². The summed E-state index contributed by atoms with van der Waals surface area (Å²) in [6, 6.07) is 7.12. The van der Waals surface area contributed by atoms with Gasteiger partial charge in [-0.05, 0) is 29.8 Å². The van der Waals surface area contributed by atoms with E-state index < -0.39 is 18.0 Å². The number of carbonyl (C=O) groups is 2. The van der Waals surface area contributed by atoms with Crippen LogP contribution in [0.5, 0.6) is 5.75 Å². The van der Waals surface area contributed by atoms with E-state index in [9.17, 15) is 14.0 Å². The number of pyridine rings is 1. The summed E-state index contributed by atoms with van der Waals surface area (Å²) in [6.45, 7) is -0.0153. The Bertz CT molecular complexity index is 1120. The van der Waals surface area contributed by atoms with Gasteiger partial charge in [0.05, 0.1) is 11.9 Å². The maximum absolute atomic E-state index is 13.7. The highest BCUT2D eigenvalue weighted by Crippen LogP contribution is 2.33. The lowest BCUT2D eigenvalue weighted by atomic mass is 10.1. The minimum Gasteiger partial charge on any atom is -0.489 e. The number of amides is 2. The lowest BCUT2D eigenvalue weighted by Gasteiger charge is -2.20. The number of likely N-dealkylation sites (N-methyl/N-ethyl adjacent to an activating group) is 1. The van der Waals surface area contributed by atoms with E-state index >= 15 is 0 Å². The molecule has 30 heavy (non-hydrogen) atoms. The average Bonchev–Trinajstić information content (AvgIpc) is 3.17. The Morgan fingerprint density at radius 3 is 3.03 bits per heavy atom. The lowest BCUT2D eigenvalue weighted by Crippen LogP contribution is -2.50. The number of carbonyl (C=O) groups excluding carboxylic acids is 2. The van der Waals surface area contributed by atoms with Crippen molar-refractivity contribution in [2.24, 2.45) is 0 Å².